The first-order valence-corrected chi connectivity index (χ1v) is 9.15. The fraction of sp³-hybridized carbons (Fsp3) is 0.143. The predicted molar refractivity (Wildman–Crippen MR) is 111 cm³/mol. The van der Waals surface area contributed by atoms with Gasteiger partial charge in [-0.15, -0.1) is 0 Å². The van der Waals surface area contributed by atoms with E-state index in [4.69, 9.17) is 5.11 Å². The minimum atomic E-state index is -1.19. The normalized spacial score (nSPS) is 11.5. The van der Waals surface area contributed by atoms with Gasteiger partial charge in [0.15, 0.2) is 0 Å². The lowest BCUT2D eigenvalue weighted by Gasteiger charge is -2.25. The van der Waals surface area contributed by atoms with Crippen LogP contribution in [-0.2, 0) is 14.4 Å². The molecule has 0 saturated heterocycles. The standard InChI is InChI=1S/C21H20N4O5/c26-18(23-13-20(28)29)11-22-19(27)12-24-21(30)25-16-7-3-1-5-14(16)9-10-15-6-2-4-8-17(15)25/h1-10H,11-13H2,(H,22,27)(H,23,26)(H,24,30)(H,28,29). The Kier molecular flexibility index (Phi) is 6.43. The zero-order chi connectivity index (χ0) is 21.5. The molecular formula is C21H20N4O5. The van der Waals surface area contributed by atoms with Gasteiger partial charge in [0.1, 0.15) is 6.54 Å². The van der Waals surface area contributed by atoms with Gasteiger partial charge in [0.25, 0.3) is 0 Å². The molecule has 154 valence electrons. The molecule has 0 spiro atoms. The number of urea groups is 1. The van der Waals surface area contributed by atoms with E-state index in [1.54, 1.807) is 0 Å². The van der Waals surface area contributed by atoms with Gasteiger partial charge < -0.3 is 21.1 Å². The summed E-state index contributed by atoms with van der Waals surface area (Å²) in [6.07, 6.45) is 3.84. The smallest absolute Gasteiger partial charge is 0.326 e. The molecule has 0 bridgehead atoms. The first-order valence-electron chi connectivity index (χ1n) is 9.15. The van der Waals surface area contributed by atoms with E-state index in [1.807, 2.05) is 60.7 Å². The minimum absolute atomic E-state index is 0.348. The van der Waals surface area contributed by atoms with Crippen LogP contribution in [0.1, 0.15) is 11.1 Å². The molecule has 0 aliphatic carbocycles. The predicted octanol–water partition coefficient (Wildman–Crippen LogP) is 1.34. The molecule has 4 amide bonds. The van der Waals surface area contributed by atoms with Crippen LogP contribution >= 0.6 is 0 Å². The lowest BCUT2D eigenvalue weighted by molar-refractivity contribution is -0.137. The number of amides is 4. The van der Waals surface area contributed by atoms with Crippen molar-refractivity contribution < 1.29 is 24.3 Å². The molecule has 0 radical (unpaired) electrons. The van der Waals surface area contributed by atoms with Gasteiger partial charge in [-0.25, -0.2) is 4.79 Å². The van der Waals surface area contributed by atoms with E-state index in [0.717, 1.165) is 11.1 Å². The average molecular weight is 408 g/mol. The number of aliphatic carboxylic acids is 1. The van der Waals surface area contributed by atoms with Crippen molar-refractivity contribution in [1.29, 1.82) is 0 Å². The van der Waals surface area contributed by atoms with Crippen molar-refractivity contribution in [2.75, 3.05) is 24.5 Å². The van der Waals surface area contributed by atoms with Crippen LogP contribution in [0.3, 0.4) is 0 Å². The summed E-state index contributed by atoms with van der Waals surface area (Å²) in [4.78, 5) is 48.3. The van der Waals surface area contributed by atoms with Crippen molar-refractivity contribution >= 4 is 47.3 Å². The number of nitrogens with one attached hydrogen (secondary N) is 3. The van der Waals surface area contributed by atoms with Crippen LogP contribution in [0.2, 0.25) is 0 Å². The summed E-state index contributed by atoms with van der Waals surface area (Å²) >= 11 is 0. The maximum atomic E-state index is 13.0. The van der Waals surface area contributed by atoms with Crippen molar-refractivity contribution in [3.8, 4) is 0 Å². The van der Waals surface area contributed by atoms with Crippen molar-refractivity contribution in [3.63, 3.8) is 0 Å². The van der Waals surface area contributed by atoms with Crippen LogP contribution in [0.15, 0.2) is 48.5 Å². The van der Waals surface area contributed by atoms with Crippen LogP contribution in [0.5, 0.6) is 0 Å². The summed E-state index contributed by atoms with van der Waals surface area (Å²) in [6.45, 7) is -1.27. The van der Waals surface area contributed by atoms with Crippen molar-refractivity contribution in [2.24, 2.45) is 0 Å². The molecule has 0 unspecified atom stereocenters. The van der Waals surface area contributed by atoms with Crippen molar-refractivity contribution in [2.45, 2.75) is 0 Å². The van der Waals surface area contributed by atoms with Gasteiger partial charge in [-0.1, -0.05) is 48.6 Å². The van der Waals surface area contributed by atoms with Gasteiger partial charge in [0, 0.05) is 0 Å². The molecule has 3 rings (SSSR count). The molecule has 1 heterocycles. The summed E-state index contributed by atoms with van der Waals surface area (Å²) in [5.74, 6) is -2.41. The molecule has 1 aliphatic rings. The molecule has 2 aromatic carbocycles. The molecule has 0 aromatic heterocycles. The second kappa shape index (κ2) is 9.37. The van der Waals surface area contributed by atoms with E-state index in [0.29, 0.717) is 11.4 Å². The Morgan fingerprint density at radius 3 is 1.70 bits per heavy atom. The second-order valence-corrected chi connectivity index (χ2v) is 6.39. The van der Waals surface area contributed by atoms with Crippen LogP contribution in [-0.4, -0.2) is 48.6 Å². The van der Waals surface area contributed by atoms with E-state index in [-0.39, 0.29) is 13.1 Å². The van der Waals surface area contributed by atoms with Gasteiger partial charge in [-0.05, 0) is 23.3 Å². The quantitative estimate of drug-likeness (QED) is 0.573. The summed E-state index contributed by atoms with van der Waals surface area (Å²) in [7, 11) is 0. The fourth-order valence-electron chi connectivity index (χ4n) is 2.91. The highest BCUT2D eigenvalue weighted by atomic mass is 16.4. The molecule has 1 aliphatic heterocycles. The van der Waals surface area contributed by atoms with Crippen molar-refractivity contribution in [3.05, 3.63) is 59.7 Å². The van der Waals surface area contributed by atoms with Crippen LogP contribution in [0.25, 0.3) is 12.2 Å². The number of anilines is 2. The van der Waals surface area contributed by atoms with E-state index < -0.39 is 30.4 Å². The van der Waals surface area contributed by atoms with Gasteiger partial charge >= 0.3 is 12.0 Å². The number of nitrogens with zero attached hydrogens (tertiary/aromatic N) is 1. The third-order valence-corrected chi connectivity index (χ3v) is 4.28. The Bertz CT molecular complexity index is 968. The molecule has 0 atom stereocenters. The molecule has 0 saturated carbocycles. The maximum Gasteiger partial charge on any atom is 0.326 e. The molecule has 9 heteroatoms. The Labute approximate surface area is 172 Å². The Morgan fingerprint density at radius 2 is 1.17 bits per heavy atom. The minimum Gasteiger partial charge on any atom is -0.480 e. The third kappa shape index (κ3) is 5.02. The number of carboxylic acid groups (broad SMARTS) is 1. The van der Waals surface area contributed by atoms with Gasteiger partial charge in [-0.3, -0.25) is 19.3 Å². The lowest BCUT2D eigenvalue weighted by Crippen LogP contribution is -2.45. The first kappa shape index (κ1) is 20.6. The zero-order valence-corrected chi connectivity index (χ0v) is 15.9. The maximum absolute atomic E-state index is 13.0. The molecular weight excluding hydrogens is 388 g/mol. The highest BCUT2D eigenvalue weighted by Crippen LogP contribution is 2.35. The Balaban J connectivity index is 1.65. The molecule has 4 N–H and O–H groups in total. The molecule has 2 aromatic rings. The molecule has 30 heavy (non-hydrogen) atoms. The summed E-state index contributed by atoms with van der Waals surface area (Å²) in [6, 6.07) is 14.3. The van der Waals surface area contributed by atoms with E-state index in [2.05, 4.69) is 16.0 Å². The topological polar surface area (TPSA) is 128 Å². The summed E-state index contributed by atoms with van der Waals surface area (Å²) < 4.78 is 0. The average Bonchev–Trinajstić information content (AvgIpc) is 2.91. The monoisotopic (exact) mass is 408 g/mol. The zero-order valence-electron chi connectivity index (χ0n) is 15.9. The number of hydrogen-bond acceptors (Lipinski definition) is 4. The summed E-state index contributed by atoms with van der Waals surface area (Å²) in [5.41, 5.74) is 3.04. The largest absolute Gasteiger partial charge is 0.480 e. The van der Waals surface area contributed by atoms with Gasteiger partial charge in [-0.2, -0.15) is 0 Å². The van der Waals surface area contributed by atoms with Gasteiger partial charge in [0.05, 0.1) is 24.5 Å². The first-order chi connectivity index (χ1) is 14.5. The lowest BCUT2D eigenvalue weighted by atomic mass is 10.1. The van der Waals surface area contributed by atoms with E-state index in [9.17, 15) is 19.2 Å². The number of carbonyl (C=O) groups excluding carboxylic acids is 3. The highest BCUT2D eigenvalue weighted by Gasteiger charge is 2.24. The number of carbonyl (C=O) groups is 4. The molecule has 0 fully saturated rings. The highest BCUT2D eigenvalue weighted by molar-refractivity contribution is 6.06. The van der Waals surface area contributed by atoms with E-state index in [1.165, 1.54) is 4.90 Å². The SMILES string of the molecule is O=C(O)CNC(=O)CNC(=O)CNC(=O)N1c2ccccc2C=Cc2ccccc21. The second-order valence-electron chi connectivity index (χ2n) is 6.39. The Hall–Kier alpha value is -4.14. The number of benzene rings is 2. The summed E-state index contributed by atoms with van der Waals surface area (Å²) in [5, 5.41) is 15.5. The van der Waals surface area contributed by atoms with Crippen LogP contribution < -0.4 is 20.9 Å². The van der Waals surface area contributed by atoms with Gasteiger partial charge in [0.2, 0.25) is 11.8 Å². The third-order valence-electron chi connectivity index (χ3n) is 4.28. The number of para-hydroxylation sites is 2. The van der Waals surface area contributed by atoms with Crippen molar-refractivity contribution in [1.82, 2.24) is 16.0 Å². The number of hydrogen-bond donors (Lipinski definition) is 4. The van der Waals surface area contributed by atoms with E-state index >= 15 is 0 Å². The Morgan fingerprint density at radius 1 is 0.700 bits per heavy atom. The number of fused-ring (bicyclic) bond motifs is 2. The fourth-order valence-corrected chi connectivity index (χ4v) is 2.91. The number of rotatable bonds is 6. The number of carboxylic acids is 1. The van der Waals surface area contributed by atoms with Crippen LogP contribution in [0.4, 0.5) is 16.2 Å². The van der Waals surface area contributed by atoms with Crippen LogP contribution in [0, 0.1) is 0 Å². The molecule has 9 nitrogen and oxygen atoms in total.